The van der Waals surface area contributed by atoms with Gasteiger partial charge in [-0.15, -0.1) is 11.8 Å². The first-order chi connectivity index (χ1) is 11.0. The van der Waals surface area contributed by atoms with Gasteiger partial charge in [-0.2, -0.15) is 4.31 Å². The number of benzene rings is 1. The number of hydrogen-bond acceptors (Lipinski definition) is 5. The van der Waals surface area contributed by atoms with E-state index in [1.165, 1.54) is 0 Å². The summed E-state index contributed by atoms with van der Waals surface area (Å²) < 4.78 is 29.5. The van der Waals surface area contributed by atoms with Gasteiger partial charge in [-0.1, -0.05) is 0 Å². The highest BCUT2D eigenvalue weighted by molar-refractivity contribution is 7.98. The molecule has 0 saturated carbocycles. The van der Waals surface area contributed by atoms with Crippen LogP contribution in [0.5, 0.6) is 0 Å². The second-order valence-corrected chi connectivity index (χ2v) is 8.18. The predicted molar refractivity (Wildman–Crippen MR) is 90.9 cm³/mol. The maximum Gasteiger partial charge on any atom is 0.243 e. The lowest BCUT2D eigenvalue weighted by Gasteiger charge is -2.34. The van der Waals surface area contributed by atoms with E-state index in [-0.39, 0.29) is 6.04 Å². The molecule has 1 N–H and O–H groups in total. The fourth-order valence-corrected chi connectivity index (χ4v) is 4.77. The average molecular weight is 352 g/mol. The van der Waals surface area contributed by atoms with Crippen LogP contribution >= 0.6 is 11.8 Å². The zero-order chi connectivity index (χ0) is 16.4. The van der Waals surface area contributed by atoms with Gasteiger partial charge in [-0.05, 0) is 30.5 Å². The molecule has 1 unspecified atom stereocenters. The minimum Gasteiger partial charge on any atom is -0.337 e. The second kappa shape index (κ2) is 6.64. The Hall–Kier alpha value is -1.35. The van der Waals surface area contributed by atoms with E-state index >= 15 is 0 Å². The van der Waals surface area contributed by atoms with E-state index in [2.05, 4.69) is 10.3 Å². The molecule has 6 nitrogen and oxygen atoms in total. The van der Waals surface area contributed by atoms with E-state index in [1.807, 2.05) is 36.2 Å². The van der Waals surface area contributed by atoms with Crippen LogP contribution in [0.4, 0.5) is 0 Å². The predicted octanol–water partition coefficient (Wildman–Crippen LogP) is 1.48. The van der Waals surface area contributed by atoms with Crippen LogP contribution in [0.1, 0.15) is 11.9 Å². The zero-order valence-electron chi connectivity index (χ0n) is 13.1. The van der Waals surface area contributed by atoms with Crippen molar-refractivity contribution in [3.63, 3.8) is 0 Å². The van der Waals surface area contributed by atoms with Crippen molar-refractivity contribution in [1.82, 2.24) is 19.2 Å². The number of rotatable bonds is 4. The summed E-state index contributed by atoms with van der Waals surface area (Å²) in [5.74, 6) is 0.751. The van der Waals surface area contributed by atoms with Crippen molar-refractivity contribution in [2.75, 3.05) is 25.9 Å². The topological polar surface area (TPSA) is 67.2 Å². The van der Waals surface area contributed by atoms with Gasteiger partial charge in [-0.3, -0.25) is 0 Å². The Balaban J connectivity index is 1.97. The Labute approximate surface area is 141 Å². The van der Waals surface area contributed by atoms with Gasteiger partial charge in [-0.25, -0.2) is 13.4 Å². The fourth-order valence-electron chi connectivity index (χ4n) is 2.77. The number of aromatic nitrogens is 2. The van der Waals surface area contributed by atoms with Gasteiger partial charge in [0.15, 0.2) is 0 Å². The molecule has 0 bridgehead atoms. The van der Waals surface area contributed by atoms with Gasteiger partial charge in [0.2, 0.25) is 10.0 Å². The largest absolute Gasteiger partial charge is 0.337 e. The molecule has 0 amide bonds. The highest BCUT2D eigenvalue weighted by Crippen LogP contribution is 2.28. The molecule has 1 aromatic carbocycles. The van der Waals surface area contributed by atoms with Gasteiger partial charge in [0.1, 0.15) is 5.82 Å². The third-order valence-electron chi connectivity index (χ3n) is 4.02. The van der Waals surface area contributed by atoms with Crippen LogP contribution in [-0.2, 0) is 17.1 Å². The lowest BCUT2D eigenvalue weighted by molar-refractivity contribution is 0.258. The summed E-state index contributed by atoms with van der Waals surface area (Å²) in [6.45, 7) is 1.64. The Morgan fingerprint density at radius 3 is 2.65 bits per heavy atom. The Morgan fingerprint density at radius 2 is 2.04 bits per heavy atom. The normalized spacial score (nSPS) is 19.8. The summed E-state index contributed by atoms with van der Waals surface area (Å²) in [4.78, 5) is 5.71. The first-order valence-corrected chi connectivity index (χ1v) is 10.0. The van der Waals surface area contributed by atoms with E-state index < -0.39 is 10.0 Å². The van der Waals surface area contributed by atoms with Crippen molar-refractivity contribution in [3.8, 4) is 0 Å². The van der Waals surface area contributed by atoms with Crippen LogP contribution in [0.3, 0.4) is 0 Å². The quantitative estimate of drug-likeness (QED) is 0.844. The molecule has 3 rings (SSSR count). The summed E-state index contributed by atoms with van der Waals surface area (Å²) >= 11 is 1.59. The molecule has 1 atom stereocenters. The minimum absolute atomic E-state index is 0.297. The van der Waals surface area contributed by atoms with E-state index in [1.54, 1.807) is 34.4 Å². The standard InChI is InChI=1S/C15H20N4O2S2/c1-18-9-8-17-15(18)14-11-16-7-10-19(14)23(20,21)13-5-3-12(22-2)4-6-13/h3-6,8-9,14,16H,7,10-11H2,1-2H3. The highest BCUT2D eigenvalue weighted by Gasteiger charge is 2.36. The molecule has 1 aromatic heterocycles. The highest BCUT2D eigenvalue weighted by atomic mass is 32.2. The molecular formula is C15H20N4O2S2. The second-order valence-electron chi connectivity index (χ2n) is 5.41. The monoisotopic (exact) mass is 352 g/mol. The maximum atomic E-state index is 13.1. The molecule has 2 heterocycles. The van der Waals surface area contributed by atoms with E-state index in [4.69, 9.17) is 0 Å². The van der Waals surface area contributed by atoms with Crippen LogP contribution in [0.25, 0.3) is 0 Å². The first kappa shape index (κ1) is 16.5. The molecule has 8 heteroatoms. The van der Waals surface area contributed by atoms with Crippen molar-refractivity contribution in [1.29, 1.82) is 0 Å². The third kappa shape index (κ3) is 3.16. The smallest absolute Gasteiger partial charge is 0.243 e. The van der Waals surface area contributed by atoms with Crippen LogP contribution in [0.15, 0.2) is 46.5 Å². The molecule has 1 fully saturated rings. The van der Waals surface area contributed by atoms with Crippen molar-refractivity contribution in [2.45, 2.75) is 15.8 Å². The number of thioether (sulfide) groups is 1. The molecule has 23 heavy (non-hydrogen) atoms. The number of nitrogens with zero attached hydrogens (tertiary/aromatic N) is 3. The Kier molecular flexibility index (Phi) is 4.77. The van der Waals surface area contributed by atoms with Crippen molar-refractivity contribution < 1.29 is 8.42 Å². The average Bonchev–Trinajstić information content (AvgIpc) is 3.01. The van der Waals surface area contributed by atoms with E-state index in [9.17, 15) is 8.42 Å². The molecule has 1 aliphatic heterocycles. The van der Waals surface area contributed by atoms with Crippen LogP contribution < -0.4 is 5.32 Å². The summed E-state index contributed by atoms with van der Waals surface area (Å²) in [5.41, 5.74) is 0. The van der Waals surface area contributed by atoms with Gasteiger partial charge < -0.3 is 9.88 Å². The van der Waals surface area contributed by atoms with Gasteiger partial charge in [0.25, 0.3) is 0 Å². The first-order valence-electron chi connectivity index (χ1n) is 7.38. The molecule has 1 aliphatic rings. The summed E-state index contributed by atoms with van der Waals surface area (Å²) in [7, 11) is -1.66. The van der Waals surface area contributed by atoms with Gasteiger partial charge >= 0.3 is 0 Å². The lowest BCUT2D eigenvalue weighted by Crippen LogP contribution is -2.49. The lowest BCUT2D eigenvalue weighted by atomic mass is 10.2. The summed E-state index contributed by atoms with van der Waals surface area (Å²) in [5, 5.41) is 3.26. The number of hydrogen-bond donors (Lipinski definition) is 1. The summed E-state index contributed by atoms with van der Waals surface area (Å²) in [6, 6.07) is 6.75. The fraction of sp³-hybridized carbons (Fsp3) is 0.400. The summed E-state index contributed by atoms with van der Waals surface area (Å²) in [6.07, 6.45) is 5.50. The molecular weight excluding hydrogens is 332 g/mol. The maximum absolute atomic E-state index is 13.1. The van der Waals surface area contributed by atoms with Crippen LogP contribution in [-0.4, -0.2) is 48.2 Å². The minimum atomic E-state index is -3.55. The van der Waals surface area contributed by atoms with Gasteiger partial charge in [0.05, 0.1) is 10.9 Å². The van der Waals surface area contributed by atoms with Gasteiger partial charge in [0, 0.05) is 44.0 Å². The number of nitrogens with one attached hydrogen (secondary N) is 1. The Morgan fingerprint density at radius 1 is 1.30 bits per heavy atom. The van der Waals surface area contributed by atoms with Crippen molar-refractivity contribution >= 4 is 21.8 Å². The van der Waals surface area contributed by atoms with E-state index in [0.29, 0.717) is 24.5 Å². The number of sulfonamides is 1. The number of imidazole rings is 1. The third-order valence-corrected chi connectivity index (χ3v) is 6.68. The van der Waals surface area contributed by atoms with Crippen molar-refractivity contribution in [2.24, 2.45) is 7.05 Å². The molecule has 124 valence electrons. The number of piperazine rings is 1. The molecule has 0 aliphatic carbocycles. The van der Waals surface area contributed by atoms with Crippen LogP contribution in [0.2, 0.25) is 0 Å². The molecule has 0 spiro atoms. The van der Waals surface area contributed by atoms with Crippen LogP contribution in [0, 0.1) is 0 Å². The Bertz CT molecular complexity index is 771. The molecule has 0 radical (unpaired) electrons. The molecule has 2 aromatic rings. The molecule has 1 saturated heterocycles. The number of aryl methyl sites for hydroxylation is 1. The van der Waals surface area contributed by atoms with E-state index in [0.717, 1.165) is 10.7 Å². The SMILES string of the molecule is CSc1ccc(S(=O)(=O)N2CCNCC2c2nccn2C)cc1. The van der Waals surface area contributed by atoms with Crippen molar-refractivity contribution in [3.05, 3.63) is 42.5 Å². The zero-order valence-corrected chi connectivity index (χ0v) is 14.8.